The molecular formula is C15H13Cl2FN2O3S. The van der Waals surface area contributed by atoms with Gasteiger partial charge in [-0.15, -0.1) is 0 Å². The predicted octanol–water partition coefficient (Wildman–Crippen LogP) is 3.44. The summed E-state index contributed by atoms with van der Waals surface area (Å²) in [6.45, 7) is 1.38. The molecule has 1 unspecified atom stereocenters. The standard InChI is InChI=1S/C15H13Cl2FN2O3S/c1-9(15(21)19-11-4-7-13(16)14(17)8-11)20-24(22,23)12-5-2-10(18)3-6-12/h2-9,20H,1H3,(H,19,21). The molecule has 0 aliphatic carbocycles. The smallest absolute Gasteiger partial charge is 0.242 e. The van der Waals surface area contributed by atoms with E-state index in [2.05, 4.69) is 10.0 Å². The number of halogens is 3. The Morgan fingerprint density at radius 3 is 2.29 bits per heavy atom. The Labute approximate surface area is 148 Å². The van der Waals surface area contributed by atoms with Gasteiger partial charge in [0.05, 0.1) is 21.0 Å². The maximum absolute atomic E-state index is 12.9. The number of hydrogen-bond donors (Lipinski definition) is 2. The van der Waals surface area contributed by atoms with Gasteiger partial charge in [-0.1, -0.05) is 23.2 Å². The maximum Gasteiger partial charge on any atom is 0.242 e. The van der Waals surface area contributed by atoms with Crippen LogP contribution in [0.15, 0.2) is 47.4 Å². The van der Waals surface area contributed by atoms with Crippen molar-refractivity contribution >= 4 is 44.8 Å². The quantitative estimate of drug-likeness (QED) is 0.820. The van der Waals surface area contributed by atoms with Crippen molar-refractivity contribution in [2.75, 3.05) is 5.32 Å². The Kier molecular flexibility index (Phi) is 5.82. The molecule has 2 aromatic rings. The topological polar surface area (TPSA) is 75.3 Å². The van der Waals surface area contributed by atoms with Crippen molar-refractivity contribution in [1.82, 2.24) is 4.72 Å². The first-order valence-electron chi connectivity index (χ1n) is 6.73. The number of rotatable bonds is 5. The highest BCUT2D eigenvalue weighted by Crippen LogP contribution is 2.25. The molecule has 0 saturated carbocycles. The first-order chi connectivity index (χ1) is 11.2. The number of benzene rings is 2. The zero-order chi connectivity index (χ0) is 17.9. The summed E-state index contributed by atoms with van der Waals surface area (Å²) in [6.07, 6.45) is 0. The maximum atomic E-state index is 12.9. The van der Waals surface area contributed by atoms with E-state index in [0.29, 0.717) is 10.7 Å². The molecule has 0 saturated heterocycles. The summed E-state index contributed by atoms with van der Waals surface area (Å²) < 4.78 is 39.4. The van der Waals surface area contributed by atoms with Crippen molar-refractivity contribution in [2.45, 2.75) is 17.9 Å². The minimum Gasteiger partial charge on any atom is -0.325 e. The van der Waals surface area contributed by atoms with E-state index in [1.807, 2.05) is 0 Å². The Morgan fingerprint density at radius 1 is 1.08 bits per heavy atom. The summed E-state index contributed by atoms with van der Waals surface area (Å²) in [5.41, 5.74) is 0.377. The van der Waals surface area contributed by atoms with E-state index in [4.69, 9.17) is 23.2 Å². The van der Waals surface area contributed by atoms with Crippen molar-refractivity contribution in [1.29, 1.82) is 0 Å². The summed E-state index contributed by atoms with van der Waals surface area (Å²) in [6, 6.07) is 7.70. The Hall–Kier alpha value is -1.67. The van der Waals surface area contributed by atoms with Crippen LogP contribution in [0.3, 0.4) is 0 Å². The van der Waals surface area contributed by atoms with Gasteiger partial charge in [-0.25, -0.2) is 12.8 Å². The highest BCUT2D eigenvalue weighted by Gasteiger charge is 2.22. The van der Waals surface area contributed by atoms with Crippen LogP contribution in [-0.4, -0.2) is 20.4 Å². The normalized spacial score (nSPS) is 12.7. The fourth-order valence-corrected chi connectivity index (χ4v) is 3.29. The number of sulfonamides is 1. The second kappa shape index (κ2) is 7.48. The first kappa shape index (κ1) is 18.7. The van der Waals surface area contributed by atoms with Crippen molar-refractivity contribution < 1.29 is 17.6 Å². The molecule has 2 aromatic carbocycles. The molecule has 2 rings (SSSR count). The molecule has 0 aliphatic rings. The number of carbonyl (C=O) groups excluding carboxylic acids is 1. The van der Waals surface area contributed by atoms with Crippen LogP contribution in [-0.2, 0) is 14.8 Å². The molecule has 9 heteroatoms. The molecule has 0 spiro atoms. The lowest BCUT2D eigenvalue weighted by molar-refractivity contribution is -0.117. The first-order valence-corrected chi connectivity index (χ1v) is 8.97. The molecule has 2 N–H and O–H groups in total. The van der Waals surface area contributed by atoms with Crippen LogP contribution < -0.4 is 10.0 Å². The number of hydrogen-bond acceptors (Lipinski definition) is 3. The van der Waals surface area contributed by atoms with E-state index >= 15 is 0 Å². The van der Waals surface area contributed by atoms with Crippen molar-refractivity contribution in [2.24, 2.45) is 0 Å². The van der Waals surface area contributed by atoms with Gasteiger partial charge in [-0.2, -0.15) is 4.72 Å². The lowest BCUT2D eigenvalue weighted by Crippen LogP contribution is -2.41. The molecule has 24 heavy (non-hydrogen) atoms. The molecule has 0 bridgehead atoms. The second-order valence-electron chi connectivity index (χ2n) is 4.92. The molecule has 0 heterocycles. The van der Waals surface area contributed by atoms with Gasteiger partial charge in [0.2, 0.25) is 15.9 Å². The van der Waals surface area contributed by atoms with Crippen LogP contribution in [0.25, 0.3) is 0 Å². The number of anilines is 1. The Morgan fingerprint density at radius 2 is 1.71 bits per heavy atom. The highest BCUT2D eigenvalue weighted by atomic mass is 35.5. The summed E-state index contributed by atoms with van der Waals surface area (Å²) in [4.78, 5) is 12.0. The van der Waals surface area contributed by atoms with Gasteiger partial charge >= 0.3 is 0 Å². The van der Waals surface area contributed by atoms with E-state index in [-0.39, 0.29) is 9.92 Å². The fraction of sp³-hybridized carbons (Fsp3) is 0.133. The molecule has 1 atom stereocenters. The zero-order valence-corrected chi connectivity index (χ0v) is 14.7. The predicted molar refractivity (Wildman–Crippen MR) is 91.3 cm³/mol. The van der Waals surface area contributed by atoms with Crippen LogP contribution in [0.1, 0.15) is 6.92 Å². The second-order valence-corrected chi connectivity index (χ2v) is 7.44. The van der Waals surface area contributed by atoms with Crippen LogP contribution in [0.5, 0.6) is 0 Å². The Balaban J connectivity index is 2.07. The summed E-state index contributed by atoms with van der Waals surface area (Å²) >= 11 is 11.6. The lowest BCUT2D eigenvalue weighted by atomic mass is 10.3. The SMILES string of the molecule is CC(NS(=O)(=O)c1ccc(F)cc1)C(=O)Nc1ccc(Cl)c(Cl)c1. The largest absolute Gasteiger partial charge is 0.325 e. The van der Waals surface area contributed by atoms with Crippen LogP contribution in [0, 0.1) is 5.82 Å². The van der Waals surface area contributed by atoms with Crippen molar-refractivity contribution in [3.05, 3.63) is 58.3 Å². The molecular weight excluding hydrogens is 378 g/mol. The fourth-order valence-electron chi connectivity index (χ4n) is 1.79. The van der Waals surface area contributed by atoms with Gasteiger partial charge < -0.3 is 5.32 Å². The van der Waals surface area contributed by atoms with Crippen LogP contribution in [0.2, 0.25) is 10.0 Å². The number of amides is 1. The average Bonchev–Trinajstić information content (AvgIpc) is 2.51. The van der Waals surface area contributed by atoms with E-state index in [1.165, 1.54) is 25.1 Å². The van der Waals surface area contributed by atoms with E-state index < -0.39 is 27.8 Å². The van der Waals surface area contributed by atoms with Crippen LogP contribution in [0.4, 0.5) is 10.1 Å². The van der Waals surface area contributed by atoms with Gasteiger partial charge in [-0.3, -0.25) is 4.79 Å². The summed E-state index contributed by atoms with van der Waals surface area (Å²) in [5.74, 6) is -1.14. The third-order valence-electron chi connectivity index (χ3n) is 3.04. The molecule has 128 valence electrons. The van der Waals surface area contributed by atoms with E-state index in [0.717, 1.165) is 24.3 Å². The van der Waals surface area contributed by atoms with Gasteiger partial charge in [-0.05, 0) is 49.4 Å². The van der Waals surface area contributed by atoms with Gasteiger partial charge in [0.25, 0.3) is 0 Å². The van der Waals surface area contributed by atoms with Crippen LogP contribution >= 0.6 is 23.2 Å². The van der Waals surface area contributed by atoms with E-state index in [1.54, 1.807) is 0 Å². The van der Waals surface area contributed by atoms with Crippen molar-refractivity contribution in [3.8, 4) is 0 Å². The summed E-state index contributed by atoms with van der Waals surface area (Å²) in [5, 5.41) is 3.12. The highest BCUT2D eigenvalue weighted by molar-refractivity contribution is 7.89. The minimum absolute atomic E-state index is 0.141. The minimum atomic E-state index is -3.95. The Bertz CT molecular complexity index is 858. The van der Waals surface area contributed by atoms with Gasteiger partial charge in [0, 0.05) is 5.69 Å². The molecule has 0 aromatic heterocycles. The zero-order valence-electron chi connectivity index (χ0n) is 12.4. The number of carbonyl (C=O) groups is 1. The molecule has 0 fully saturated rings. The van der Waals surface area contributed by atoms with Crippen molar-refractivity contribution in [3.63, 3.8) is 0 Å². The molecule has 1 amide bonds. The third-order valence-corrected chi connectivity index (χ3v) is 5.33. The monoisotopic (exact) mass is 390 g/mol. The average molecular weight is 391 g/mol. The van der Waals surface area contributed by atoms with E-state index in [9.17, 15) is 17.6 Å². The number of nitrogens with one attached hydrogen (secondary N) is 2. The van der Waals surface area contributed by atoms with Gasteiger partial charge in [0.15, 0.2) is 0 Å². The third kappa shape index (κ3) is 4.67. The summed E-state index contributed by atoms with van der Waals surface area (Å²) in [7, 11) is -3.95. The van der Waals surface area contributed by atoms with Gasteiger partial charge in [0.1, 0.15) is 5.82 Å². The molecule has 0 radical (unpaired) electrons. The lowest BCUT2D eigenvalue weighted by Gasteiger charge is -2.15. The molecule has 5 nitrogen and oxygen atoms in total. The molecule has 0 aliphatic heterocycles.